The van der Waals surface area contributed by atoms with Crippen LogP contribution in [0.25, 0.3) is 0 Å². The van der Waals surface area contributed by atoms with Crippen LogP contribution in [-0.4, -0.2) is 30.0 Å². The van der Waals surface area contributed by atoms with E-state index in [0.29, 0.717) is 11.3 Å². The number of aliphatic carboxylic acids is 1. The maximum absolute atomic E-state index is 11.9. The lowest BCUT2D eigenvalue weighted by atomic mass is 9.98. The molecule has 1 unspecified atom stereocenters. The molecule has 1 atom stereocenters. The molecule has 17 heavy (non-hydrogen) atoms. The van der Waals surface area contributed by atoms with Crippen molar-refractivity contribution >= 4 is 11.8 Å². The minimum atomic E-state index is -1.09. The zero-order valence-corrected chi connectivity index (χ0v) is 9.77. The van der Waals surface area contributed by atoms with Crippen molar-refractivity contribution in [3.8, 4) is 5.75 Å². The molecule has 0 fully saturated rings. The van der Waals surface area contributed by atoms with Gasteiger partial charge in [0.25, 0.3) is 0 Å². The van der Waals surface area contributed by atoms with Gasteiger partial charge in [-0.3, -0.25) is 9.59 Å². The molecule has 0 spiro atoms. The third kappa shape index (κ3) is 3.29. The molecule has 0 aromatic heterocycles. The number of carbonyl (C=O) groups is 2. The van der Waals surface area contributed by atoms with E-state index < -0.39 is 12.0 Å². The second-order valence-corrected chi connectivity index (χ2v) is 3.75. The van der Waals surface area contributed by atoms with E-state index >= 15 is 0 Å². The van der Waals surface area contributed by atoms with Crippen LogP contribution >= 0.6 is 0 Å². The van der Waals surface area contributed by atoms with Crippen molar-refractivity contribution in [3.63, 3.8) is 0 Å². The first-order valence-electron chi connectivity index (χ1n) is 5.12. The van der Waals surface area contributed by atoms with Crippen LogP contribution in [0.4, 0.5) is 0 Å². The number of carboxylic acid groups (broad SMARTS) is 1. The van der Waals surface area contributed by atoms with Gasteiger partial charge in [0.05, 0.1) is 19.6 Å². The minimum Gasteiger partial charge on any atom is -0.497 e. The number of nitrogens with two attached hydrogens (primary N) is 1. The molecule has 92 valence electrons. The van der Waals surface area contributed by atoms with Crippen LogP contribution < -0.4 is 10.5 Å². The Labute approximate surface area is 99.2 Å². The lowest BCUT2D eigenvalue weighted by molar-refractivity contribution is -0.137. The van der Waals surface area contributed by atoms with Crippen LogP contribution in [0.15, 0.2) is 18.2 Å². The molecule has 0 saturated heterocycles. The van der Waals surface area contributed by atoms with Crippen LogP contribution in [0.1, 0.15) is 22.3 Å². The number of carboxylic acids is 1. The fourth-order valence-corrected chi connectivity index (χ4v) is 1.52. The number of ether oxygens (including phenoxy) is 1. The Kier molecular flexibility index (Phi) is 4.23. The topological polar surface area (TPSA) is 89.6 Å². The van der Waals surface area contributed by atoms with Gasteiger partial charge in [-0.15, -0.1) is 0 Å². The smallest absolute Gasteiger partial charge is 0.305 e. The molecule has 1 aromatic carbocycles. The van der Waals surface area contributed by atoms with E-state index in [1.807, 2.05) is 0 Å². The van der Waals surface area contributed by atoms with Crippen LogP contribution in [0.2, 0.25) is 0 Å². The van der Waals surface area contributed by atoms with Gasteiger partial charge in [0.15, 0.2) is 5.78 Å². The summed E-state index contributed by atoms with van der Waals surface area (Å²) >= 11 is 0. The van der Waals surface area contributed by atoms with Gasteiger partial charge in [0.1, 0.15) is 5.75 Å². The van der Waals surface area contributed by atoms with Crippen molar-refractivity contribution < 1.29 is 19.4 Å². The van der Waals surface area contributed by atoms with Gasteiger partial charge >= 0.3 is 5.97 Å². The molecule has 0 aliphatic rings. The molecule has 5 nitrogen and oxygen atoms in total. The van der Waals surface area contributed by atoms with Gasteiger partial charge in [-0.05, 0) is 30.7 Å². The number of methoxy groups -OCH3 is 1. The van der Waals surface area contributed by atoms with Gasteiger partial charge in [-0.25, -0.2) is 0 Å². The Hall–Kier alpha value is -1.88. The van der Waals surface area contributed by atoms with E-state index in [4.69, 9.17) is 15.6 Å². The van der Waals surface area contributed by atoms with Crippen LogP contribution in [-0.2, 0) is 4.79 Å². The highest BCUT2D eigenvalue weighted by Gasteiger charge is 2.20. The predicted octanol–water partition coefficient (Wildman–Crippen LogP) is 0.988. The summed E-state index contributed by atoms with van der Waals surface area (Å²) in [6, 6.07) is 3.94. The maximum Gasteiger partial charge on any atom is 0.305 e. The number of ketones is 1. The number of aryl methyl sites for hydroxylation is 1. The van der Waals surface area contributed by atoms with Crippen molar-refractivity contribution in [2.75, 3.05) is 7.11 Å². The van der Waals surface area contributed by atoms with Gasteiger partial charge in [0, 0.05) is 5.56 Å². The van der Waals surface area contributed by atoms with Gasteiger partial charge in [-0.2, -0.15) is 0 Å². The SMILES string of the molecule is COc1ccc(C(=O)C(N)CC(=O)O)c(C)c1. The van der Waals surface area contributed by atoms with Crippen molar-refractivity contribution in [2.24, 2.45) is 5.73 Å². The maximum atomic E-state index is 11.9. The minimum absolute atomic E-state index is 0.368. The van der Waals surface area contributed by atoms with E-state index in [-0.39, 0.29) is 12.2 Å². The third-order valence-electron chi connectivity index (χ3n) is 2.43. The average molecular weight is 237 g/mol. The fourth-order valence-electron chi connectivity index (χ4n) is 1.52. The Morgan fingerprint density at radius 2 is 2.12 bits per heavy atom. The van der Waals surface area contributed by atoms with Crippen molar-refractivity contribution in [1.82, 2.24) is 0 Å². The lowest BCUT2D eigenvalue weighted by Crippen LogP contribution is -2.33. The molecule has 1 aromatic rings. The molecular formula is C12H15NO4. The number of carbonyl (C=O) groups excluding carboxylic acids is 1. The molecule has 1 rings (SSSR count). The highest BCUT2D eigenvalue weighted by Crippen LogP contribution is 2.18. The van der Waals surface area contributed by atoms with Gasteiger partial charge in [0.2, 0.25) is 0 Å². The zero-order valence-electron chi connectivity index (χ0n) is 9.77. The average Bonchev–Trinajstić information content (AvgIpc) is 2.27. The van der Waals surface area contributed by atoms with Crippen LogP contribution in [0.3, 0.4) is 0 Å². The molecule has 0 aliphatic heterocycles. The normalized spacial score (nSPS) is 11.9. The van der Waals surface area contributed by atoms with E-state index in [1.165, 1.54) is 7.11 Å². The first-order valence-corrected chi connectivity index (χ1v) is 5.12. The molecule has 5 heteroatoms. The van der Waals surface area contributed by atoms with Crippen molar-refractivity contribution in [1.29, 1.82) is 0 Å². The summed E-state index contributed by atoms with van der Waals surface area (Å²) < 4.78 is 5.02. The molecule has 0 heterocycles. The Morgan fingerprint density at radius 1 is 1.47 bits per heavy atom. The zero-order chi connectivity index (χ0) is 13.0. The summed E-state index contributed by atoms with van der Waals surface area (Å²) in [5, 5.41) is 8.58. The first-order chi connectivity index (χ1) is 7.95. The van der Waals surface area contributed by atoms with E-state index in [1.54, 1.807) is 25.1 Å². The monoisotopic (exact) mass is 237 g/mol. The Balaban J connectivity index is 2.92. The predicted molar refractivity (Wildman–Crippen MR) is 62.3 cm³/mol. The summed E-state index contributed by atoms with van der Waals surface area (Å²) in [6.45, 7) is 1.75. The number of benzene rings is 1. The molecule has 0 bridgehead atoms. The lowest BCUT2D eigenvalue weighted by Gasteiger charge is -2.11. The number of hydrogen-bond donors (Lipinski definition) is 2. The highest BCUT2D eigenvalue weighted by molar-refractivity contribution is 6.02. The summed E-state index contributed by atoms with van der Waals surface area (Å²) in [4.78, 5) is 22.4. The number of Topliss-reactive ketones (excluding diaryl/α,β-unsaturated/α-hetero) is 1. The quantitative estimate of drug-likeness (QED) is 0.745. The summed E-state index contributed by atoms with van der Waals surface area (Å²) in [7, 11) is 1.53. The van der Waals surface area contributed by atoms with E-state index in [2.05, 4.69) is 0 Å². The summed E-state index contributed by atoms with van der Waals surface area (Å²) in [5.41, 5.74) is 6.68. The van der Waals surface area contributed by atoms with Crippen LogP contribution in [0.5, 0.6) is 5.75 Å². The van der Waals surface area contributed by atoms with Gasteiger partial charge in [-0.1, -0.05) is 0 Å². The second kappa shape index (κ2) is 5.45. The summed E-state index contributed by atoms with van der Waals surface area (Å²) in [6.07, 6.45) is -0.371. The second-order valence-electron chi connectivity index (χ2n) is 3.75. The molecule has 0 saturated carbocycles. The van der Waals surface area contributed by atoms with Gasteiger partial charge < -0.3 is 15.6 Å². The van der Waals surface area contributed by atoms with E-state index in [0.717, 1.165) is 5.56 Å². The Morgan fingerprint density at radius 3 is 2.59 bits per heavy atom. The fraction of sp³-hybridized carbons (Fsp3) is 0.333. The largest absolute Gasteiger partial charge is 0.497 e. The molecule has 0 amide bonds. The number of rotatable bonds is 5. The van der Waals surface area contributed by atoms with E-state index in [9.17, 15) is 9.59 Å². The molecule has 0 aliphatic carbocycles. The van der Waals surface area contributed by atoms with Crippen molar-refractivity contribution in [3.05, 3.63) is 29.3 Å². The Bertz CT molecular complexity index is 442. The first kappa shape index (κ1) is 13.2. The molecular weight excluding hydrogens is 222 g/mol. The number of hydrogen-bond acceptors (Lipinski definition) is 4. The summed E-state index contributed by atoms with van der Waals surface area (Å²) in [5.74, 6) is -0.810. The molecule has 0 radical (unpaired) electrons. The third-order valence-corrected chi connectivity index (χ3v) is 2.43. The van der Waals surface area contributed by atoms with Crippen molar-refractivity contribution in [2.45, 2.75) is 19.4 Å². The highest BCUT2D eigenvalue weighted by atomic mass is 16.5. The standard InChI is InChI=1S/C12H15NO4/c1-7-5-8(17-2)3-4-9(7)12(16)10(13)6-11(14)15/h3-5,10H,6,13H2,1-2H3,(H,14,15). The molecule has 3 N–H and O–H groups in total. The van der Waals surface area contributed by atoms with Crippen LogP contribution in [0, 0.1) is 6.92 Å².